The summed E-state index contributed by atoms with van der Waals surface area (Å²) in [5, 5.41) is 0. The highest BCUT2D eigenvalue weighted by Crippen LogP contribution is 2.16. The molecular weight excluding hydrogens is 152 g/mol. The molecule has 1 saturated heterocycles. The first-order chi connectivity index (χ1) is 5.63. The molecule has 3 nitrogen and oxygen atoms in total. The van der Waals surface area contributed by atoms with Gasteiger partial charge >= 0.3 is 0 Å². The Balaban J connectivity index is 2.53. The van der Waals surface area contributed by atoms with Gasteiger partial charge < -0.3 is 10.6 Å². The highest BCUT2D eigenvalue weighted by Gasteiger charge is 2.24. The van der Waals surface area contributed by atoms with Gasteiger partial charge in [-0.05, 0) is 33.1 Å². The molecule has 2 N–H and O–H groups in total. The molecule has 2 atom stereocenters. The number of hydrogen-bond donors (Lipinski definition) is 1. The molecule has 0 aromatic rings. The lowest BCUT2D eigenvalue weighted by molar-refractivity contribution is -0.135. The van der Waals surface area contributed by atoms with Gasteiger partial charge in [0.25, 0.3) is 0 Å². The van der Waals surface area contributed by atoms with Gasteiger partial charge in [-0.25, -0.2) is 0 Å². The fourth-order valence-corrected chi connectivity index (χ4v) is 1.69. The Bertz CT molecular complexity index is 168. The van der Waals surface area contributed by atoms with Crippen molar-refractivity contribution in [2.24, 2.45) is 5.73 Å². The van der Waals surface area contributed by atoms with Crippen LogP contribution < -0.4 is 5.73 Å². The van der Waals surface area contributed by atoms with Crippen LogP contribution in [0.1, 0.15) is 33.1 Å². The van der Waals surface area contributed by atoms with Crippen LogP contribution in [0.4, 0.5) is 0 Å². The van der Waals surface area contributed by atoms with Gasteiger partial charge in [-0.1, -0.05) is 0 Å². The van der Waals surface area contributed by atoms with E-state index < -0.39 is 0 Å². The molecule has 12 heavy (non-hydrogen) atoms. The number of rotatable bonds is 1. The molecule has 0 saturated carbocycles. The number of nitrogens with two attached hydrogens (primary N) is 1. The smallest absolute Gasteiger partial charge is 0.239 e. The summed E-state index contributed by atoms with van der Waals surface area (Å²) in [5.74, 6) is 0.0993. The summed E-state index contributed by atoms with van der Waals surface area (Å²) in [6.07, 6.45) is 3.49. The van der Waals surface area contributed by atoms with E-state index in [2.05, 4.69) is 6.92 Å². The van der Waals surface area contributed by atoms with E-state index in [1.54, 1.807) is 6.92 Å². The Morgan fingerprint density at radius 3 is 2.75 bits per heavy atom. The average molecular weight is 170 g/mol. The van der Waals surface area contributed by atoms with E-state index in [0.29, 0.717) is 6.04 Å². The summed E-state index contributed by atoms with van der Waals surface area (Å²) in [6, 6.07) is 0.0443. The zero-order valence-corrected chi connectivity index (χ0v) is 7.92. The van der Waals surface area contributed by atoms with Crippen LogP contribution in [0.15, 0.2) is 0 Å². The Morgan fingerprint density at radius 2 is 2.25 bits per heavy atom. The van der Waals surface area contributed by atoms with Crippen LogP contribution in [-0.4, -0.2) is 29.4 Å². The lowest BCUT2D eigenvalue weighted by Gasteiger charge is -2.34. The molecule has 0 aromatic carbocycles. The lowest BCUT2D eigenvalue weighted by atomic mass is 10.0. The van der Waals surface area contributed by atoms with Crippen LogP contribution in [0, 0.1) is 0 Å². The molecule has 0 bridgehead atoms. The van der Waals surface area contributed by atoms with Gasteiger partial charge in [0.05, 0.1) is 6.04 Å². The molecule has 0 aromatic heterocycles. The van der Waals surface area contributed by atoms with E-state index in [-0.39, 0.29) is 11.9 Å². The molecule has 0 unspecified atom stereocenters. The minimum atomic E-state index is -0.342. The maximum Gasteiger partial charge on any atom is 0.239 e. The second-order valence-electron chi connectivity index (χ2n) is 3.67. The van der Waals surface area contributed by atoms with Crippen molar-refractivity contribution in [2.45, 2.75) is 45.2 Å². The number of hydrogen-bond acceptors (Lipinski definition) is 2. The van der Waals surface area contributed by atoms with Gasteiger partial charge in [-0.15, -0.1) is 0 Å². The monoisotopic (exact) mass is 170 g/mol. The van der Waals surface area contributed by atoms with Crippen molar-refractivity contribution in [3.63, 3.8) is 0 Å². The Hall–Kier alpha value is -0.570. The van der Waals surface area contributed by atoms with Crippen molar-refractivity contribution in [3.05, 3.63) is 0 Å². The first kappa shape index (κ1) is 9.52. The first-order valence-corrected chi connectivity index (χ1v) is 4.69. The van der Waals surface area contributed by atoms with Gasteiger partial charge in [0, 0.05) is 12.6 Å². The predicted molar refractivity (Wildman–Crippen MR) is 48.7 cm³/mol. The third-order valence-electron chi connectivity index (χ3n) is 2.48. The van der Waals surface area contributed by atoms with Gasteiger partial charge in [-0.2, -0.15) is 0 Å². The van der Waals surface area contributed by atoms with Crippen LogP contribution in [0.25, 0.3) is 0 Å². The Kier molecular flexibility index (Phi) is 3.09. The average Bonchev–Trinajstić information content (AvgIpc) is 2.04. The number of amides is 1. The van der Waals surface area contributed by atoms with Crippen molar-refractivity contribution in [2.75, 3.05) is 6.54 Å². The van der Waals surface area contributed by atoms with Crippen LogP contribution in [0.5, 0.6) is 0 Å². The minimum Gasteiger partial charge on any atom is -0.339 e. The van der Waals surface area contributed by atoms with E-state index >= 15 is 0 Å². The second-order valence-corrected chi connectivity index (χ2v) is 3.67. The third kappa shape index (κ3) is 1.97. The molecule has 3 heteroatoms. The Morgan fingerprint density at radius 1 is 1.58 bits per heavy atom. The largest absolute Gasteiger partial charge is 0.339 e. The van der Waals surface area contributed by atoms with Crippen LogP contribution >= 0.6 is 0 Å². The topological polar surface area (TPSA) is 46.3 Å². The minimum absolute atomic E-state index is 0.0993. The quantitative estimate of drug-likeness (QED) is 0.630. The number of carbonyl (C=O) groups excluding carboxylic acids is 1. The summed E-state index contributed by atoms with van der Waals surface area (Å²) in [4.78, 5) is 13.4. The summed E-state index contributed by atoms with van der Waals surface area (Å²) in [6.45, 7) is 4.74. The highest BCUT2D eigenvalue weighted by molar-refractivity contribution is 5.81. The summed E-state index contributed by atoms with van der Waals surface area (Å²) in [7, 11) is 0. The number of piperidine rings is 1. The molecule has 0 spiro atoms. The zero-order chi connectivity index (χ0) is 9.14. The van der Waals surface area contributed by atoms with E-state index in [1.807, 2.05) is 4.90 Å². The van der Waals surface area contributed by atoms with Crippen molar-refractivity contribution in [1.82, 2.24) is 4.90 Å². The van der Waals surface area contributed by atoms with Crippen LogP contribution in [0.2, 0.25) is 0 Å². The molecule has 0 aliphatic carbocycles. The SMILES string of the molecule is C[C@H](N)C(=O)N1CCCC[C@H]1C. The van der Waals surface area contributed by atoms with Gasteiger partial charge in [0.15, 0.2) is 0 Å². The maximum absolute atomic E-state index is 11.5. The van der Waals surface area contributed by atoms with Gasteiger partial charge in [-0.3, -0.25) is 4.79 Å². The van der Waals surface area contributed by atoms with Crippen molar-refractivity contribution in [1.29, 1.82) is 0 Å². The normalized spacial score (nSPS) is 26.9. The summed E-state index contributed by atoms with van der Waals surface area (Å²) < 4.78 is 0. The zero-order valence-electron chi connectivity index (χ0n) is 7.92. The van der Waals surface area contributed by atoms with Crippen molar-refractivity contribution >= 4 is 5.91 Å². The van der Waals surface area contributed by atoms with Gasteiger partial charge in [0.2, 0.25) is 5.91 Å². The van der Waals surface area contributed by atoms with E-state index in [0.717, 1.165) is 19.4 Å². The predicted octanol–water partition coefficient (Wildman–Crippen LogP) is 0.735. The fraction of sp³-hybridized carbons (Fsp3) is 0.889. The fourth-order valence-electron chi connectivity index (χ4n) is 1.69. The molecule has 1 aliphatic rings. The molecule has 70 valence electrons. The van der Waals surface area contributed by atoms with Crippen LogP contribution in [0.3, 0.4) is 0 Å². The number of nitrogens with zero attached hydrogens (tertiary/aromatic N) is 1. The van der Waals surface area contributed by atoms with Crippen molar-refractivity contribution < 1.29 is 4.79 Å². The summed E-state index contributed by atoms with van der Waals surface area (Å²) >= 11 is 0. The Labute approximate surface area is 73.9 Å². The molecule has 1 aliphatic heterocycles. The van der Waals surface area contributed by atoms with E-state index in [1.165, 1.54) is 6.42 Å². The molecule has 0 radical (unpaired) electrons. The molecule has 1 fully saturated rings. The first-order valence-electron chi connectivity index (χ1n) is 4.69. The highest BCUT2D eigenvalue weighted by atomic mass is 16.2. The standard InChI is InChI=1S/C9H18N2O/c1-7-5-3-4-6-11(7)9(12)8(2)10/h7-8H,3-6,10H2,1-2H3/t7-,8+/m1/s1. The van der Waals surface area contributed by atoms with Crippen molar-refractivity contribution in [3.8, 4) is 0 Å². The van der Waals surface area contributed by atoms with Crippen LogP contribution in [-0.2, 0) is 4.79 Å². The molecule has 1 heterocycles. The molecule has 1 rings (SSSR count). The number of carbonyl (C=O) groups is 1. The third-order valence-corrected chi connectivity index (χ3v) is 2.48. The second kappa shape index (κ2) is 3.90. The van der Waals surface area contributed by atoms with E-state index in [4.69, 9.17) is 5.73 Å². The van der Waals surface area contributed by atoms with E-state index in [9.17, 15) is 4.79 Å². The molecule has 1 amide bonds. The molecular formula is C9H18N2O. The summed E-state index contributed by atoms with van der Waals surface area (Å²) in [5.41, 5.74) is 5.54. The maximum atomic E-state index is 11.5. The van der Waals surface area contributed by atoms with Gasteiger partial charge in [0.1, 0.15) is 0 Å². The lowest BCUT2D eigenvalue weighted by Crippen LogP contribution is -2.48. The number of likely N-dealkylation sites (tertiary alicyclic amines) is 1.